The number of aryl methyl sites for hydroxylation is 1. The van der Waals surface area contributed by atoms with Crippen LogP contribution in [0, 0.1) is 30.2 Å². The molecule has 2 aromatic rings. The van der Waals surface area contributed by atoms with Crippen LogP contribution in [-0.4, -0.2) is 0 Å². The lowest BCUT2D eigenvalue weighted by atomic mass is 9.99. The molecule has 2 aromatic carbocycles. The van der Waals surface area contributed by atoms with E-state index < -0.39 is 28.8 Å². The first-order chi connectivity index (χ1) is 9.43. The highest BCUT2D eigenvalue weighted by Crippen LogP contribution is 2.30. The van der Waals surface area contributed by atoms with Gasteiger partial charge in [0.15, 0.2) is 0 Å². The third-order valence-corrected chi connectivity index (χ3v) is 3.21. The summed E-state index contributed by atoms with van der Waals surface area (Å²) < 4.78 is 55.0. The van der Waals surface area contributed by atoms with E-state index in [9.17, 15) is 17.6 Å². The predicted octanol–water partition coefficient (Wildman–Crippen LogP) is 5.17. The minimum Gasteiger partial charge on any atom is -0.207 e. The summed E-state index contributed by atoms with van der Waals surface area (Å²) in [6.45, 7) is 3.17. The Morgan fingerprint density at radius 1 is 0.800 bits per heavy atom. The molecule has 0 unspecified atom stereocenters. The van der Waals surface area contributed by atoms with Crippen molar-refractivity contribution in [2.45, 2.75) is 26.7 Å². The number of hydrogen-bond donors (Lipinski definition) is 0. The SMILES string of the molecule is CCCc1cc(F)c(-c2cc(F)c(C)c(F)c2)c(F)c1. The van der Waals surface area contributed by atoms with Crippen molar-refractivity contribution in [3.63, 3.8) is 0 Å². The van der Waals surface area contributed by atoms with E-state index in [1.807, 2.05) is 6.92 Å². The molecule has 106 valence electrons. The van der Waals surface area contributed by atoms with E-state index in [0.29, 0.717) is 12.0 Å². The van der Waals surface area contributed by atoms with E-state index in [0.717, 1.165) is 18.6 Å². The van der Waals surface area contributed by atoms with Crippen molar-refractivity contribution < 1.29 is 17.6 Å². The number of rotatable bonds is 3. The maximum atomic E-state index is 14.0. The Morgan fingerprint density at radius 2 is 1.30 bits per heavy atom. The summed E-state index contributed by atoms with van der Waals surface area (Å²) in [5.41, 5.74) is -0.178. The van der Waals surface area contributed by atoms with Crippen LogP contribution in [0.2, 0.25) is 0 Å². The first kappa shape index (κ1) is 14.6. The molecule has 0 aromatic heterocycles. The first-order valence-electron chi connectivity index (χ1n) is 6.38. The quantitative estimate of drug-likeness (QED) is 0.681. The zero-order valence-electron chi connectivity index (χ0n) is 11.2. The van der Waals surface area contributed by atoms with E-state index >= 15 is 0 Å². The van der Waals surface area contributed by atoms with Gasteiger partial charge in [0.25, 0.3) is 0 Å². The van der Waals surface area contributed by atoms with Gasteiger partial charge in [-0.15, -0.1) is 0 Å². The van der Waals surface area contributed by atoms with Crippen LogP contribution in [0.5, 0.6) is 0 Å². The lowest BCUT2D eigenvalue weighted by Crippen LogP contribution is -1.97. The summed E-state index contributed by atoms with van der Waals surface area (Å²) in [7, 11) is 0. The molecule has 0 aliphatic carbocycles. The van der Waals surface area contributed by atoms with Gasteiger partial charge in [-0.2, -0.15) is 0 Å². The van der Waals surface area contributed by atoms with Gasteiger partial charge in [0, 0.05) is 5.56 Å². The van der Waals surface area contributed by atoms with Crippen molar-refractivity contribution in [2.75, 3.05) is 0 Å². The van der Waals surface area contributed by atoms with Crippen LogP contribution in [0.1, 0.15) is 24.5 Å². The Labute approximate surface area is 115 Å². The van der Waals surface area contributed by atoms with E-state index in [-0.39, 0.29) is 11.1 Å². The fourth-order valence-electron chi connectivity index (χ4n) is 2.12. The van der Waals surface area contributed by atoms with Gasteiger partial charge in [-0.25, -0.2) is 17.6 Å². The van der Waals surface area contributed by atoms with Gasteiger partial charge in [-0.1, -0.05) is 13.3 Å². The molecule has 0 aliphatic heterocycles. The van der Waals surface area contributed by atoms with Gasteiger partial charge in [-0.05, 0) is 48.7 Å². The highest BCUT2D eigenvalue weighted by Gasteiger charge is 2.16. The predicted molar refractivity (Wildman–Crippen MR) is 70.4 cm³/mol. The van der Waals surface area contributed by atoms with Crippen LogP contribution >= 0.6 is 0 Å². The highest BCUT2D eigenvalue weighted by molar-refractivity contribution is 5.66. The third kappa shape index (κ3) is 2.69. The topological polar surface area (TPSA) is 0 Å². The molecule has 4 heteroatoms. The van der Waals surface area contributed by atoms with Crippen LogP contribution in [0.25, 0.3) is 11.1 Å². The second kappa shape index (κ2) is 5.65. The first-order valence-corrected chi connectivity index (χ1v) is 6.38. The Bertz CT molecular complexity index is 601. The fraction of sp³-hybridized carbons (Fsp3) is 0.250. The maximum absolute atomic E-state index is 14.0. The van der Waals surface area contributed by atoms with Crippen LogP contribution in [0.4, 0.5) is 17.6 Å². The monoisotopic (exact) mass is 282 g/mol. The Hall–Kier alpha value is -1.84. The van der Waals surface area contributed by atoms with Gasteiger partial charge in [0.2, 0.25) is 0 Å². The van der Waals surface area contributed by atoms with Crippen molar-refractivity contribution in [3.05, 3.63) is 58.7 Å². The molecule has 0 atom stereocenters. The Balaban J connectivity index is 2.58. The minimum absolute atomic E-state index is 0.136. The number of hydrogen-bond acceptors (Lipinski definition) is 0. The Morgan fingerprint density at radius 3 is 1.75 bits per heavy atom. The normalized spacial score (nSPS) is 10.9. The minimum atomic E-state index is -0.823. The summed E-state index contributed by atoms with van der Waals surface area (Å²) >= 11 is 0. The van der Waals surface area contributed by atoms with Crippen molar-refractivity contribution >= 4 is 0 Å². The number of benzene rings is 2. The molecule has 0 radical (unpaired) electrons. The molecule has 0 spiro atoms. The molecule has 0 bridgehead atoms. The summed E-state index contributed by atoms with van der Waals surface area (Å²) in [6.07, 6.45) is 1.30. The molecule has 0 N–H and O–H groups in total. The summed E-state index contributed by atoms with van der Waals surface area (Å²) in [4.78, 5) is 0. The second-order valence-corrected chi connectivity index (χ2v) is 4.75. The molecule has 0 heterocycles. The van der Waals surface area contributed by atoms with Gasteiger partial charge in [0.1, 0.15) is 23.3 Å². The maximum Gasteiger partial charge on any atom is 0.134 e. The largest absolute Gasteiger partial charge is 0.207 e. The molecule has 0 aliphatic rings. The molecule has 0 fully saturated rings. The van der Waals surface area contributed by atoms with Crippen molar-refractivity contribution in [3.8, 4) is 11.1 Å². The molecule has 0 saturated carbocycles. The van der Waals surface area contributed by atoms with Crippen LogP contribution in [0.3, 0.4) is 0 Å². The number of halogens is 4. The second-order valence-electron chi connectivity index (χ2n) is 4.75. The molecular formula is C16H14F4. The van der Waals surface area contributed by atoms with E-state index in [1.54, 1.807) is 0 Å². The average Bonchev–Trinajstić information content (AvgIpc) is 2.35. The van der Waals surface area contributed by atoms with Crippen LogP contribution in [0.15, 0.2) is 24.3 Å². The van der Waals surface area contributed by atoms with Crippen molar-refractivity contribution in [1.29, 1.82) is 0 Å². The molecule has 0 nitrogen and oxygen atoms in total. The lowest BCUT2D eigenvalue weighted by Gasteiger charge is -2.09. The van der Waals surface area contributed by atoms with Gasteiger partial charge >= 0.3 is 0 Å². The third-order valence-electron chi connectivity index (χ3n) is 3.21. The summed E-state index contributed by atoms with van der Waals surface area (Å²) in [6, 6.07) is 4.30. The average molecular weight is 282 g/mol. The smallest absolute Gasteiger partial charge is 0.134 e. The molecule has 0 amide bonds. The summed E-state index contributed by atoms with van der Waals surface area (Å²) in [5, 5.41) is 0. The Kier molecular flexibility index (Phi) is 4.12. The van der Waals surface area contributed by atoms with Crippen molar-refractivity contribution in [1.82, 2.24) is 0 Å². The van der Waals surface area contributed by atoms with Gasteiger partial charge < -0.3 is 0 Å². The van der Waals surface area contributed by atoms with E-state index in [2.05, 4.69) is 0 Å². The van der Waals surface area contributed by atoms with Crippen LogP contribution < -0.4 is 0 Å². The lowest BCUT2D eigenvalue weighted by molar-refractivity contribution is 0.565. The van der Waals surface area contributed by atoms with Gasteiger partial charge in [0.05, 0.1) is 5.56 Å². The molecule has 2 rings (SSSR count). The van der Waals surface area contributed by atoms with Crippen molar-refractivity contribution in [2.24, 2.45) is 0 Å². The van der Waals surface area contributed by atoms with E-state index in [4.69, 9.17) is 0 Å². The standard InChI is InChI=1S/C16H14F4/c1-3-4-10-5-14(19)16(15(20)6-10)11-7-12(17)9(2)13(18)8-11/h5-8H,3-4H2,1-2H3. The summed E-state index contributed by atoms with van der Waals surface area (Å²) in [5.74, 6) is -3.26. The van der Waals surface area contributed by atoms with E-state index in [1.165, 1.54) is 19.1 Å². The molecule has 20 heavy (non-hydrogen) atoms. The molecular weight excluding hydrogens is 268 g/mol. The zero-order chi connectivity index (χ0) is 14.9. The fourth-order valence-corrected chi connectivity index (χ4v) is 2.12. The highest BCUT2D eigenvalue weighted by atomic mass is 19.1. The zero-order valence-corrected chi connectivity index (χ0v) is 11.2. The molecule has 0 saturated heterocycles. The van der Waals surface area contributed by atoms with Crippen LogP contribution in [-0.2, 0) is 6.42 Å². The van der Waals surface area contributed by atoms with Gasteiger partial charge in [-0.3, -0.25) is 0 Å².